The number of thioether (sulfide) groups is 1. The third kappa shape index (κ3) is 3.01. The number of carboxylic acids is 1. The molecule has 2 heterocycles. The zero-order valence-corrected chi connectivity index (χ0v) is 12.6. The highest BCUT2D eigenvalue weighted by molar-refractivity contribution is 7.98. The molecule has 0 aliphatic heterocycles. The molecule has 21 heavy (non-hydrogen) atoms. The van der Waals surface area contributed by atoms with Gasteiger partial charge in [-0.2, -0.15) is 0 Å². The van der Waals surface area contributed by atoms with Crippen LogP contribution in [-0.4, -0.2) is 33.1 Å². The lowest BCUT2D eigenvalue weighted by molar-refractivity contribution is 0.0696. The van der Waals surface area contributed by atoms with E-state index in [9.17, 15) is 4.79 Å². The van der Waals surface area contributed by atoms with Gasteiger partial charge in [0, 0.05) is 17.2 Å². The van der Waals surface area contributed by atoms with Gasteiger partial charge in [-0.25, -0.2) is 14.8 Å². The number of carboxylic acid groups (broad SMARTS) is 1. The van der Waals surface area contributed by atoms with Crippen molar-refractivity contribution in [1.29, 1.82) is 0 Å². The molecule has 0 bridgehead atoms. The molecule has 0 spiro atoms. The van der Waals surface area contributed by atoms with Gasteiger partial charge >= 0.3 is 5.97 Å². The van der Waals surface area contributed by atoms with Crippen LogP contribution in [0.2, 0.25) is 0 Å². The number of aromatic amines is 1. The first-order valence-electron chi connectivity index (χ1n) is 6.00. The molecular weight excluding hydrogens is 310 g/mol. The van der Waals surface area contributed by atoms with E-state index in [1.54, 1.807) is 12.5 Å². The predicted molar refractivity (Wildman–Crippen MR) is 81.3 cm³/mol. The molecule has 108 valence electrons. The molecule has 0 atom stereocenters. The molecule has 8 heteroatoms. The van der Waals surface area contributed by atoms with E-state index in [-0.39, 0.29) is 5.01 Å². The minimum atomic E-state index is -0.993. The van der Waals surface area contributed by atoms with Crippen molar-refractivity contribution in [3.05, 3.63) is 34.3 Å². The lowest BCUT2D eigenvalue weighted by atomic mass is 10.3. The van der Waals surface area contributed by atoms with Crippen molar-refractivity contribution in [3.63, 3.8) is 0 Å². The number of thiazole rings is 1. The van der Waals surface area contributed by atoms with Crippen LogP contribution in [0.3, 0.4) is 0 Å². The first-order valence-corrected chi connectivity index (χ1v) is 7.86. The zero-order valence-electron chi connectivity index (χ0n) is 11.0. The van der Waals surface area contributed by atoms with Gasteiger partial charge in [0.1, 0.15) is 5.75 Å². The Bertz CT molecular complexity index is 797. The quantitative estimate of drug-likeness (QED) is 0.702. The molecule has 0 saturated carbocycles. The Morgan fingerprint density at radius 1 is 1.48 bits per heavy atom. The summed E-state index contributed by atoms with van der Waals surface area (Å²) in [5, 5.41) is 11.5. The number of nitrogens with one attached hydrogen (secondary N) is 1. The van der Waals surface area contributed by atoms with Crippen LogP contribution in [0.4, 0.5) is 0 Å². The summed E-state index contributed by atoms with van der Waals surface area (Å²) in [5.74, 6) is 0.348. The van der Waals surface area contributed by atoms with Gasteiger partial charge in [0.25, 0.3) is 0 Å². The number of imidazole rings is 1. The van der Waals surface area contributed by atoms with Crippen molar-refractivity contribution in [1.82, 2.24) is 15.0 Å². The Hall–Kier alpha value is -2.06. The summed E-state index contributed by atoms with van der Waals surface area (Å²) in [6.07, 6.45) is 0. The number of rotatable bonds is 5. The molecule has 0 aliphatic carbocycles. The predicted octanol–water partition coefficient (Wildman–Crippen LogP) is 3.02. The lowest BCUT2D eigenvalue weighted by Gasteiger charge is -1.96. The van der Waals surface area contributed by atoms with Gasteiger partial charge in [-0.15, -0.1) is 11.3 Å². The van der Waals surface area contributed by atoms with Crippen molar-refractivity contribution in [2.45, 2.75) is 10.9 Å². The number of hydrogen-bond donors (Lipinski definition) is 2. The standard InChI is InChI=1S/C13H11N3O3S2/c1-19-8-2-3-9-10(4-8)16-13(15-9)21-6-7-5-20-11(14-7)12(17)18/h2-5H,6H2,1H3,(H,15,16)(H,17,18). The number of hydrogen-bond acceptors (Lipinski definition) is 6. The Labute approximate surface area is 128 Å². The Balaban J connectivity index is 1.73. The SMILES string of the molecule is COc1ccc2nc(SCc3csc(C(=O)O)n3)[nH]c2c1. The van der Waals surface area contributed by atoms with Crippen molar-refractivity contribution in [2.24, 2.45) is 0 Å². The maximum Gasteiger partial charge on any atom is 0.365 e. The van der Waals surface area contributed by atoms with E-state index in [0.717, 1.165) is 39.0 Å². The smallest absolute Gasteiger partial charge is 0.365 e. The normalized spacial score (nSPS) is 10.9. The van der Waals surface area contributed by atoms with Crippen LogP contribution in [-0.2, 0) is 5.75 Å². The minimum absolute atomic E-state index is 0.111. The van der Waals surface area contributed by atoms with Crippen molar-refractivity contribution < 1.29 is 14.6 Å². The van der Waals surface area contributed by atoms with E-state index in [0.29, 0.717) is 5.75 Å². The van der Waals surface area contributed by atoms with E-state index in [1.165, 1.54) is 11.8 Å². The third-order valence-corrected chi connectivity index (χ3v) is 4.54. The maximum atomic E-state index is 10.8. The molecule has 1 aromatic carbocycles. The van der Waals surface area contributed by atoms with Crippen LogP contribution >= 0.6 is 23.1 Å². The summed E-state index contributed by atoms with van der Waals surface area (Å²) in [4.78, 5) is 22.5. The van der Waals surface area contributed by atoms with E-state index in [4.69, 9.17) is 9.84 Å². The highest BCUT2D eigenvalue weighted by Crippen LogP contribution is 2.25. The minimum Gasteiger partial charge on any atom is -0.497 e. The second-order valence-corrected chi connectivity index (χ2v) is 5.99. The molecule has 0 fully saturated rings. The van der Waals surface area contributed by atoms with Gasteiger partial charge < -0.3 is 14.8 Å². The Kier molecular flexibility index (Phi) is 3.80. The second-order valence-electron chi connectivity index (χ2n) is 4.16. The number of aromatic carboxylic acids is 1. The second kappa shape index (κ2) is 5.74. The van der Waals surface area contributed by atoms with Crippen LogP contribution in [0.25, 0.3) is 11.0 Å². The number of ether oxygens (including phenoxy) is 1. The largest absolute Gasteiger partial charge is 0.497 e. The molecule has 2 aromatic heterocycles. The molecule has 0 saturated heterocycles. The molecule has 0 radical (unpaired) electrons. The van der Waals surface area contributed by atoms with Gasteiger partial charge in [0.2, 0.25) is 5.01 Å². The van der Waals surface area contributed by atoms with Gasteiger partial charge in [-0.1, -0.05) is 11.8 Å². The van der Waals surface area contributed by atoms with Crippen molar-refractivity contribution >= 4 is 40.1 Å². The first-order chi connectivity index (χ1) is 10.2. The van der Waals surface area contributed by atoms with E-state index >= 15 is 0 Å². The highest BCUT2D eigenvalue weighted by Gasteiger charge is 2.10. The van der Waals surface area contributed by atoms with Crippen LogP contribution in [0.5, 0.6) is 5.75 Å². The molecule has 6 nitrogen and oxygen atoms in total. The molecule has 3 rings (SSSR count). The molecule has 0 amide bonds. The average molecular weight is 321 g/mol. The van der Waals surface area contributed by atoms with Gasteiger partial charge in [-0.3, -0.25) is 0 Å². The monoisotopic (exact) mass is 321 g/mol. The van der Waals surface area contributed by atoms with Crippen LogP contribution in [0, 0.1) is 0 Å². The third-order valence-electron chi connectivity index (χ3n) is 2.76. The number of carbonyl (C=O) groups is 1. The molecular formula is C13H11N3O3S2. The topological polar surface area (TPSA) is 88.1 Å². The molecule has 0 unspecified atom stereocenters. The van der Waals surface area contributed by atoms with Crippen LogP contribution < -0.4 is 4.74 Å². The summed E-state index contributed by atoms with van der Waals surface area (Å²) >= 11 is 2.61. The van der Waals surface area contributed by atoms with Crippen molar-refractivity contribution in [2.75, 3.05) is 7.11 Å². The fourth-order valence-corrected chi connectivity index (χ4v) is 3.31. The van der Waals surface area contributed by atoms with Crippen LogP contribution in [0.15, 0.2) is 28.7 Å². The number of nitrogens with zero attached hydrogens (tertiary/aromatic N) is 2. The first kappa shape index (κ1) is 13.9. The van der Waals surface area contributed by atoms with Crippen molar-refractivity contribution in [3.8, 4) is 5.75 Å². The number of fused-ring (bicyclic) bond motifs is 1. The van der Waals surface area contributed by atoms with E-state index < -0.39 is 5.97 Å². The van der Waals surface area contributed by atoms with E-state index in [2.05, 4.69) is 15.0 Å². The number of H-pyrrole nitrogens is 1. The van der Waals surface area contributed by atoms with Gasteiger partial charge in [0.15, 0.2) is 5.16 Å². The Morgan fingerprint density at radius 3 is 3.05 bits per heavy atom. The number of aromatic nitrogens is 3. The summed E-state index contributed by atoms with van der Waals surface area (Å²) < 4.78 is 5.17. The summed E-state index contributed by atoms with van der Waals surface area (Å²) in [5.41, 5.74) is 2.50. The number of benzene rings is 1. The van der Waals surface area contributed by atoms with Crippen LogP contribution in [0.1, 0.15) is 15.5 Å². The Morgan fingerprint density at radius 2 is 2.33 bits per heavy atom. The summed E-state index contributed by atoms with van der Waals surface area (Å²) in [6, 6.07) is 5.63. The fraction of sp³-hybridized carbons (Fsp3) is 0.154. The molecule has 3 aromatic rings. The summed E-state index contributed by atoms with van der Waals surface area (Å²) in [6.45, 7) is 0. The fourth-order valence-electron chi connectivity index (χ4n) is 1.77. The maximum absolute atomic E-state index is 10.8. The van der Waals surface area contributed by atoms with E-state index in [1.807, 2.05) is 18.2 Å². The molecule has 2 N–H and O–H groups in total. The number of methoxy groups -OCH3 is 1. The van der Waals surface area contributed by atoms with Gasteiger partial charge in [0.05, 0.1) is 23.8 Å². The zero-order chi connectivity index (χ0) is 14.8. The highest BCUT2D eigenvalue weighted by atomic mass is 32.2. The average Bonchev–Trinajstić information content (AvgIpc) is 3.10. The summed E-state index contributed by atoms with van der Waals surface area (Å²) in [7, 11) is 1.62. The molecule has 0 aliphatic rings. The lowest BCUT2D eigenvalue weighted by Crippen LogP contribution is -1.95. The van der Waals surface area contributed by atoms with Gasteiger partial charge in [-0.05, 0) is 12.1 Å².